The topological polar surface area (TPSA) is 74.4 Å². The summed E-state index contributed by atoms with van der Waals surface area (Å²) in [6, 6.07) is 22.9. The van der Waals surface area contributed by atoms with Gasteiger partial charge in [-0.25, -0.2) is 0 Å². The predicted molar refractivity (Wildman–Crippen MR) is 127 cm³/mol. The molecule has 1 aliphatic rings. The Labute approximate surface area is 192 Å². The number of aromatic amines is 1. The molecular weight excluding hydrogens is 414 g/mol. The molecule has 33 heavy (non-hydrogen) atoms. The standard InChI is InChI=1S/C27H25N3O3/c1-17-25(22-12-5-6-13-23(22)29-17)26-20-10-3-4-11-21(20)27(32)30(26)16-24(31)28-15-18-8-7-9-19(14-18)33-2/h3-14,26,29H,15-16H2,1-2H3,(H,28,31). The molecule has 0 radical (unpaired) electrons. The minimum Gasteiger partial charge on any atom is -0.497 e. The third-order valence-electron chi connectivity index (χ3n) is 6.21. The number of nitrogens with one attached hydrogen (secondary N) is 2. The lowest BCUT2D eigenvalue weighted by Gasteiger charge is -2.25. The summed E-state index contributed by atoms with van der Waals surface area (Å²) < 4.78 is 5.25. The van der Waals surface area contributed by atoms with Gasteiger partial charge in [0.25, 0.3) is 5.91 Å². The van der Waals surface area contributed by atoms with Crippen LogP contribution in [0.25, 0.3) is 10.9 Å². The molecule has 0 saturated heterocycles. The Morgan fingerprint density at radius 1 is 1.06 bits per heavy atom. The van der Waals surface area contributed by atoms with Crippen LogP contribution < -0.4 is 10.1 Å². The second-order valence-electron chi connectivity index (χ2n) is 8.26. The fraction of sp³-hybridized carbons (Fsp3) is 0.185. The van der Waals surface area contributed by atoms with Gasteiger partial charge in [0.05, 0.1) is 13.2 Å². The molecular formula is C27H25N3O3. The summed E-state index contributed by atoms with van der Waals surface area (Å²) in [5.74, 6) is 0.403. The molecule has 5 rings (SSSR count). The van der Waals surface area contributed by atoms with Crippen molar-refractivity contribution in [3.05, 3.63) is 101 Å². The van der Waals surface area contributed by atoms with Crippen LogP contribution in [0.4, 0.5) is 0 Å². The van der Waals surface area contributed by atoms with E-state index in [1.54, 1.807) is 12.0 Å². The van der Waals surface area contributed by atoms with Crippen molar-refractivity contribution in [2.24, 2.45) is 0 Å². The van der Waals surface area contributed by atoms with Crippen molar-refractivity contribution in [2.75, 3.05) is 13.7 Å². The summed E-state index contributed by atoms with van der Waals surface area (Å²) in [7, 11) is 1.61. The molecule has 0 saturated carbocycles. The van der Waals surface area contributed by atoms with E-state index in [1.165, 1.54) is 0 Å². The van der Waals surface area contributed by atoms with Crippen LogP contribution in [0.1, 0.15) is 38.8 Å². The first-order valence-electron chi connectivity index (χ1n) is 10.9. The maximum atomic E-state index is 13.4. The number of rotatable bonds is 6. The quantitative estimate of drug-likeness (QED) is 0.469. The van der Waals surface area contributed by atoms with Crippen LogP contribution in [0.2, 0.25) is 0 Å². The Hall–Kier alpha value is -4.06. The van der Waals surface area contributed by atoms with E-state index in [-0.39, 0.29) is 24.4 Å². The fourth-order valence-corrected chi connectivity index (χ4v) is 4.69. The zero-order chi connectivity index (χ0) is 22.9. The summed E-state index contributed by atoms with van der Waals surface area (Å²) in [5.41, 5.74) is 5.55. The maximum absolute atomic E-state index is 13.4. The van der Waals surface area contributed by atoms with Crippen molar-refractivity contribution in [2.45, 2.75) is 19.5 Å². The Bertz CT molecular complexity index is 1360. The molecule has 2 heterocycles. The Balaban J connectivity index is 1.45. The fourth-order valence-electron chi connectivity index (χ4n) is 4.69. The lowest BCUT2D eigenvalue weighted by molar-refractivity contribution is -0.122. The molecule has 0 aliphatic carbocycles. The number of aromatic nitrogens is 1. The number of nitrogens with zero attached hydrogens (tertiary/aromatic N) is 1. The number of amides is 2. The number of para-hydroxylation sites is 1. The molecule has 4 aromatic rings. The minimum atomic E-state index is -0.326. The van der Waals surface area contributed by atoms with Crippen LogP contribution >= 0.6 is 0 Å². The Morgan fingerprint density at radius 2 is 1.85 bits per heavy atom. The van der Waals surface area contributed by atoms with Gasteiger partial charge in [-0.05, 0) is 42.3 Å². The van der Waals surface area contributed by atoms with Gasteiger partial charge in [-0.2, -0.15) is 0 Å². The zero-order valence-electron chi connectivity index (χ0n) is 18.6. The molecule has 0 bridgehead atoms. The number of carbonyl (C=O) groups excluding carboxylic acids is 2. The minimum absolute atomic E-state index is 0.0267. The van der Waals surface area contributed by atoms with Crippen molar-refractivity contribution in [1.29, 1.82) is 0 Å². The number of methoxy groups -OCH3 is 1. The molecule has 1 aromatic heterocycles. The first-order valence-corrected chi connectivity index (χ1v) is 10.9. The molecule has 1 atom stereocenters. The highest BCUT2D eigenvalue weighted by molar-refractivity contribution is 6.02. The maximum Gasteiger partial charge on any atom is 0.255 e. The average molecular weight is 440 g/mol. The van der Waals surface area contributed by atoms with E-state index in [2.05, 4.69) is 16.4 Å². The number of hydrogen-bond acceptors (Lipinski definition) is 3. The first-order chi connectivity index (χ1) is 16.1. The number of benzene rings is 3. The summed E-state index contributed by atoms with van der Waals surface area (Å²) in [6.45, 7) is 2.35. The third-order valence-corrected chi connectivity index (χ3v) is 6.21. The van der Waals surface area contributed by atoms with Crippen LogP contribution in [0.15, 0.2) is 72.8 Å². The summed E-state index contributed by atoms with van der Waals surface area (Å²) in [4.78, 5) is 31.4. The van der Waals surface area contributed by atoms with Gasteiger partial charge in [-0.3, -0.25) is 9.59 Å². The van der Waals surface area contributed by atoms with E-state index < -0.39 is 0 Å². The lowest BCUT2D eigenvalue weighted by atomic mass is 9.95. The number of carbonyl (C=O) groups is 2. The highest BCUT2D eigenvalue weighted by atomic mass is 16.5. The van der Waals surface area contributed by atoms with Gasteiger partial charge in [-0.15, -0.1) is 0 Å². The summed E-state index contributed by atoms with van der Waals surface area (Å²) >= 11 is 0. The van der Waals surface area contributed by atoms with E-state index in [4.69, 9.17) is 4.74 Å². The normalized spacial score (nSPS) is 15.0. The molecule has 6 nitrogen and oxygen atoms in total. The van der Waals surface area contributed by atoms with Crippen LogP contribution in [-0.2, 0) is 11.3 Å². The van der Waals surface area contributed by atoms with Crippen LogP contribution in [0.3, 0.4) is 0 Å². The van der Waals surface area contributed by atoms with E-state index in [0.717, 1.165) is 39.0 Å². The number of hydrogen-bond donors (Lipinski definition) is 2. The molecule has 1 aliphatic heterocycles. The first kappa shape index (κ1) is 20.8. The Morgan fingerprint density at radius 3 is 2.70 bits per heavy atom. The van der Waals surface area contributed by atoms with Gasteiger partial charge in [0.2, 0.25) is 5.91 Å². The molecule has 0 spiro atoms. The molecule has 166 valence electrons. The summed E-state index contributed by atoms with van der Waals surface area (Å²) in [6.07, 6.45) is 0. The smallest absolute Gasteiger partial charge is 0.255 e. The molecule has 1 unspecified atom stereocenters. The van der Waals surface area contributed by atoms with Gasteiger partial charge in [0, 0.05) is 34.3 Å². The Kier molecular flexibility index (Phi) is 5.34. The van der Waals surface area contributed by atoms with Crippen LogP contribution in [-0.4, -0.2) is 35.4 Å². The molecule has 3 aromatic carbocycles. The van der Waals surface area contributed by atoms with Gasteiger partial charge in [-0.1, -0.05) is 48.5 Å². The molecule has 2 amide bonds. The second-order valence-corrected chi connectivity index (χ2v) is 8.26. The monoisotopic (exact) mass is 439 g/mol. The van der Waals surface area contributed by atoms with E-state index in [1.807, 2.05) is 73.7 Å². The van der Waals surface area contributed by atoms with Crippen molar-refractivity contribution in [3.8, 4) is 5.75 Å². The van der Waals surface area contributed by atoms with Gasteiger partial charge >= 0.3 is 0 Å². The van der Waals surface area contributed by atoms with Crippen molar-refractivity contribution in [1.82, 2.24) is 15.2 Å². The number of H-pyrrole nitrogens is 1. The highest BCUT2D eigenvalue weighted by Gasteiger charge is 2.40. The predicted octanol–water partition coefficient (Wildman–Crippen LogP) is 4.35. The zero-order valence-corrected chi connectivity index (χ0v) is 18.6. The third kappa shape index (κ3) is 3.74. The number of aryl methyl sites for hydroxylation is 1. The van der Waals surface area contributed by atoms with E-state index in [0.29, 0.717) is 12.1 Å². The van der Waals surface area contributed by atoms with Crippen LogP contribution in [0, 0.1) is 6.92 Å². The number of ether oxygens (including phenoxy) is 1. The van der Waals surface area contributed by atoms with Gasteiger partial charge in [0.15, 0.2) is 0 Å². The molecule has 0 fully saturated rings. The van der Waals surface area contributed by atoms with Crippen molar-refractivity contribution in [3.63, 3.8) is 0 Å². The lowest BCUT2D eigenvalue weighted by Crippen LogP contribution is -2.39. The van der Waals surface area contributed by atoms with Crippen molar-refractivity contribution < 1.29 is 14.3 Å². The van der Waals surface area contributed by atoms with E-state index in [9.17, 15) is 9.59 Å². The van der Waals surface area contributed by atoms with Crippen LogP contribution in [0.5, 0.6) is 5.75 Å². The largest absolute Gasteiger partial charge is 0.497 e. The van der Waals surface area contributed by atoms with Crippen molar-refractivity contribution >= 4 is 22.7 Å². The molecule has 2 N–H and O–H groups in total. The second kappa shape index (κ2) is 8.47. The van der Waals surface area contributed by atoms with Gasteiger partial charge < -0.3 is 19.9 Å². The summed E-state index contributed by atoms with van der Waals surface area (Å²) in [5, 5.41) is 4.01. The highest BCUT2D eigenvalue weighted by Crippen LogP contribution is 2.42. The number of fused-ring (bicyclic) bond motifs is 2. The molecule has 6 heteroatoms. The van der Waals surface area contributed by atoms with Gasteiger partial charge in [0.1, 0.15) is 12.3 Å². The van der Waals surface area contributed by atoms with E-state index >= 15 is 0 Å². The average Bonchev–Trinajstić information content (AvgIpc) is 3.31. The SMILES string of the molecule is COc1cccc(CNC(=O)CN2C(=O)c3ccccc3C2c2c(C)[nH]c3ccccc23)c1.